The molecule has 162 valence electrons. The number of nitrogens with one attached hydrogen (secondary N) is 1. The van der Waals surface area contributed by atoms with E-state index >= 15 is 0 Å². The zero-order valence-corrected chi connectivity index (χ0v) is 22.8. The highest BCUT2D eigenvalue weighted by atomic mass is 28.5. The van der Waals surface area contributed by atoms with Crippen LogP contribution < -0.4 is 5.32 Å². The van der Waals surface area contributed by atoms with Crippen LogP contribution >= 0.6 is 0 Å². The first-order valence-corrected chi connectivity index (χ1v) is 19.8. The molecule has 0 unspecified atom stereocenters. The summed E-state index contributed by atoms with van der Waals surface area (Å²) in [7, 11) is -5.56. The second-order valence-electron chi connectivity index (χ2n) is 10.8. The van der Waals surface area contributed by atoms with E-state index < -0.39 is 31.1 Å². The van der Waals surface area contributed by atoms with Crippen LogP contribution in [0.4, 0.5) is 0 Å². The van der Waals surface area contributed by atoms with E-state index in [-0.39, 0.29) is 5.41 Å². The number of nitriles is 2. The Morgan fingerprint density at radius 2 is 1.55 bits per heavy atom. The zero-order chi connectivity index (χ0) is 22.5. The Bertz CT molecular complexity index is 689. The Balaban J connectivity index is 2.76. The van der Waals surface area contributed by atoms with Gasteiger partial charge >= 0.3 is 8.56 Å². The summed E-state index contributed by atoms with van der Waals surface area (Å²) in [5.41, 5.74) is 1.84. The van der Waals surface area contributed by atoms with Crippen LogP contribution in [0.25, 0.3) is 0 Å². The Kier molecular flexibility index (Phi) is 8.70. The van der Waals surface area contributed by atoms with Gasteiger partial charge in [0.25, 0.3) is 0 Å². The van der Waals surface area contributed by atoms with Crippen molar-refractivity contribution in [3.05, 3.63) is 23.4 Å². The lowest BCUT2D eigenvalue weighted by atomic mass is 9.79. The lowest BCUT2D eigenvalue weighted by Crippen LogP contribution is -2.52. The molecule has 8 heteroatoms. The van der Waals surface area contributed by atoms with Crippen molar-refractivity contribution in [3.63, 3.8) is 0 Å². The predicted molar refractivity (Wildman–Crippen MR) is 127 cm³/mol. The summed E-state index contributed by atoms with van der Waals surface area (Å²) in [6.07, 6.45) is 5.90. The Hall–Kier alpha value is -1.17. The van der Waals surface area contributed by atoms with Gasteiger partial charge in [-0.25, -0.2) is 0 Å². The van der Waals surface area contributed by atoms with E-state index in [2.05, 4.69) is 83.2 Å². The standard InChI is InChI=1S/C21H39N3O2Si3/c1-21(2)14-18(19(16-22)17-23)13-20(15-21)24-11-10-12-29(9,25-27(3,4)5)26-28(6,7)8/h13-14,19,24H,10-12,15H2,1-9H3. The van der Waals surface area contributed by atoms with Gasteiger partial charge in [0.2, 0.25) is 0 Å². The van der Waals surface area contributed by atoms with Gasteiger partial charge < -0.3 is 13.5 Å². The van der Waals surface area contributed by atoms with Gasteiger partial charge in [-0.3, -0.25) is 0 Å². The van der Waals surface area contributed by atoms with Crippen molar-refractivity contribution in [2.75, 3.05) is 6.54 Å². The van der Waals surface area contributed by atoms with Crippen molar-refractivity contribution in [1.82, 2.24) is 5.32 Å². The van der Waals surface area contributed by atoms with E-state index in [1.54, 1.807) is 0 Å². The van der Waals surface area contributed by atoms with Gasteiger partial charge in [0.1, 0.15) is 0 Å². The van der Waals surface area contributed by atoms with Crippen molar-refractivity contribution >= 4 is 25.2 Å². The third kappa shape index (κ3) is 9.92. The van der Waals surface area contributed by atoms with Crippen molar-refractivity contribution < 1.29 is 8.23 Å². The molecule has 1 N–H and O–H groups in total. The molecule has 0 fully saturated rings. The lowest BCUT2D eigenvalue weighted by Gasteiger charge is -2.38. The number of hydrogen-bond acceptors (Lipinski definition) is 5. The van der Waals surface area contributed by atoms with E-state index in [0.29, 0.717) is 0 Å². The zero-order valence-electron chi connectivity index (χ0n) is 19.8. The third-order valence-corrected chi connectivity index (χ3v) is 14.0. The molecule has 0 bridgehead atoms. The fourth-order valence-electron chi connectivity index (χ4n) is 3.82. The van der Waals surface area contributed by atoms with Crippen LogP contribution in [-0.4, -0.2) is 31.7 Å². The molecule has 0 aromatic heterocycles. The second kappa shape index (κ2) is 9.76. The normalized spacial score (nSPS) is 17.2. The molecule has 0 aromatic carbocycles. The summed E-state index contributed by atoms with van der Waals surface area (Å²) >= 11 is 0. The van der Waals surface area contributed by atoms with Crippen LogP contribution in [0.3, 0.4) is 0 Å². The SMILES string of the molecule is CC1(C)C=C(C(C#N)C#N)C=C(NCCC[Si](C)(O[Si](C)(C)C)O[Si](C)(C)C)C1. The Morgan fingerprint density at radius 3 is 2.00 bits per heavy atom. The predicted octanol–water partition coefficient (Wildman–Crippen LogP) is 5.64. The molecule has 0 heterocycles. The fourth-order valence-corrected chi connectivity index (χ4v) is 16.4. The Morgan fingerprint density at radius 1 is 1.03 bits per heavy atom. The van der Waals surface area contributed by atoms with Crippen LogP contribution in [0, 0.1) is 34.0 Å². The summed E-state index contributed by atoms with van der Waals surface area (Å²) in [6, 6.07) is 5.14. The van der Waals surface area contributed by atoms with Crippen LogP contribution in [0.15, 0.2) is 23.4 Å². The van der Waals surface area contributed by atoms with Gasteiger partial charge in [0, 0.05) is 12.2 Å². The Labute approximate surface area is 181 Å². The van der Waals surface area contributed by atoms with Crippen LogP contribution in [0.2, 0.25) is 51.9 Å². The van der Waals surface area contributed by atoms with E-state index in [1.807, 2.05) is 6.08 Å². The number of nitrogens with zero attached hydrogens (tertiary/aromatic N) is 2. The highest BCUT2D eigenvalue weighted by Crippen LogP contribution is 2.34. The first kappa shape index (κ1) is 25.9. The monoisotopic (exact) mass is 449 g/mol. The van der Waals surface area contributed by atoms with Crippen LogP contribution in [-0.2, 0) is 8.23 Å². The average molecular weight is 450 g/mol. The highest BCUT2D eigenvalue weighted by Gasteiger charge is 2.39. The summed E-state index contributed by atoms with van der Waals surface area (Å²) < 4.78 is 13.1. The molecule has 0 radical (unpaired) electrons. The lowest BCUT2D eigenvalue weighted by molar-refractivity contribution is 0.380. The molecule has 0 saturated heterocycles. The van der Waals surface area contributed by atoms with Crippen molar-refractivity contribution in [3.8, 4) is 12.1 Å². The molecule has 0 saturated carbocycles. The van der Waals surface area contributed by atoms with Crippen molar-refractivity contribution in [1.29, 1.82) is 10.5 Å². The molecule has 0 amide bonds. The van der Waals surface area contributed by atoms with E-state index in [1.165, 1.54) is 0 Å². The third-order valence-electron chi connectivity index (χ3n) is 4.34. The van der Waals surface area contributed by atoms with Gasteiger partial charge in [-0.15, -0.1) is 0 Å². The summed E-state index contributed by atoms with van der Waals surface area (Å²) in [6.45, 7) is 20.7. The van der Waals surface area contributed by atoms with Gasteiger partial charge in [0.05, 0.1) is 12.1 Å². The second-order valence-corrected chi connectivity index (χ2v) is 23.6. The molecule has 5 nitrogen and oxygen atoms in total. The van der Waals surface area contributed by atoms with Gasteiger partial charge in [-0.2, -0.15) is 10.5 Å². The molecule has 0 atom stereocenters. The van der Waals surface area contributed by atoms with Crippen LogP contribution in [0.5, 0.6) is 0 Å². The summed E-state index contributed by atoms with van der Waals surface area (Å²) in [5.74, 6) is -0.711. The molecule has 1 aliphatic carbocycles. The van der Waals surface area contributed by atoms with Gasteiger partial charge in [-0.1, -0.05) is 19.9 Å². The molecular weight excluding hydrogens is 411 g/mol. The molecule has 1 rings (SSSR count). The first-order chi connectivity index (χ1) is 13.1. The molecular formula is C21H39N3O2Si3. The summed E-state index contributed by atoms with van der Waals surface area (Å²) in [5, 5.41) is 22.0. The average Bonchev–Trinajstić information content (AvgIpc) is 2.47. The van der Waals surface area contributed by atoms with E-state index in [9.17, 15) is 10.5 Å². The molecule has 0 spiro atoms. The fraction of sp³-hybridized carbons (Fsp3) is 0.714. The number of hydrogen-bond donors (Lipinski definition) is 1. The van der Waals surface area contributed by atoms with E-state index in [4.69, 9.17) is 8.23 Å². The first-order valence-electron chi connectivity index (χ1n) is 10.4. The smallest absolute Gasteiger partial charge is 0.314 e. The minimum Gasteiger partial charge on any atom is -0.437 e. The van der Waals surface area contributed by atoms with Crippen LogP contribution in [0.1, 0.15) is 26.7 Å². The minimum absolute atomic E-state index is 0.0659. The topological polar surface area (TPSA) is 78.1 Å². The quantitative estimate of drug-likeness (QED) is 0.344. The summed E-state index contributed by atoms with van der Waals surface area (Å²) in [4.78, 5) is 0. The van der Waals surface area contributed by atoms with Crippen molar-refractivity contribution in [2.45, 2.75) is 78.6 Å². The maximum absolute atomic E-state index is 9.24. The maximum Gasteiger partial charge on any atom is 0.314 e. The molecule has 29 heavy (non-hydrogen) atoms. The van der Waals surface area contributed by atoms with Gasteiger partial charge in [-0.05, 0) is 81.8 Å². The van der Waals surface area contributed by atoms with E-state index in [0.717, 1.165) is 36.7 Å². The highest BCUT2D eigenvalue weighted by molar-refractivity contribution is 6.87. The van der Waals surface area contributed by atoms with Gasteiger partial charge in [0.15, 0.2) is 22.6 Å². The number of allylic oxidation sites excluding steroid dienone is 4. The minimum atomic E-state index is -2.21. The van der Waals surface area contributed by atoms with Crippen molar-refractivity contribution in [2.24, 2.45) is 11.3 Å². The largest absolute Gasteiger partial charge is 0.437 e. The number of rotatable bonds is 10. The molecule has 0 aromatic rings. The molecule has 1 aliphatic rings. The molecule has 0 aliphatic heterocycles. The maximum atomic E-state index is 9.24.